The van der Waals surface area contributed by atoms with Crippen LogP contribution in [0.1, 0.15) is 35.2 Å². The summed E-state index contributed by atoms with van der Waals surface area (Å²) in [6.07, 6.45) is 8.86. The van der Waals surface area contributed by atoms with Crippen molar-refractivity contribution in [3.05, 3.63) is 113 Å². The summed E-state index contributed by atoms with van der Waals surface area (Å²) in [4.78, 5) is 3.43. The van der Waals surface area contributed by atoms with Crippen LogP contribution in [0.2, 0.25) is 0 Å². The van der Waals surface area contributed by atoms with E-state index in [0.29, 0.717) is 0 Å². The van der Waals surface area contributed by atoms with Crippen LogP contribution in [0.25, 0.3) is 28.6 Å². The van der Waals surface area contributed by atoms with Crippen molar-refractivity contribution in [3.8, 4) is 0 Å². The van der Waals surface area contributed by atoms with Gasteiger partial charge < -0.3 is 0 Å². The van der Waals surface area contributed by atoms with Crippen LogP contribution in [0.4, 0.5) is 0 Å². The van der Waals surface area contributed by atoms with Gasteiger partial charge >= 0.3 is 189 Å². The topological polar surface area (TPSA) is 15.8 Å². The van der Waals surface area contributed by atoms with E-state index in [1.54, 1.807) is 0 Å². The van der Waals surface area contributed by atoms with Crippen molar-refractivity contribution in [2.45, 2.75) is 7.35 Å². The van der Waals surface area contributed by atoms with E-state index < -0.39 is 17.6 Å². The second kappa shape index (κ2) is 7.09. The summed E-state index contributed by atoms with van der Waals surface area (Å²) in [5.74, 6) is 0. The van der Waals surface area contributed by atoms with Crippen LogP contribution in [0.5, 0.6) is 0 Å². The number of benzene rings is 3. The molecule has 0 saturated heterocycles. The molecule has 0 bridgehead atoms. The molecule has 0 saturated carbocycles. The molecular formula is C26H19Cl2HfN. The Kier molecular flexibility index (Phi) is 4.46. The van der Waals surface area contributed by atoms with E-state index in [1.165, 1.54) is 38.8 Å². The number of fused-ring (bicyclic) bond motifs is 3. The fourth-order valence-corrected chi connectivity index (χ4v) is 21.8. The number of hydrogen-bond acceptors (Lipinski definition) is 0. The van der Waals surface area contributed by atoms with Gasteiger partial charge in [-0.1, -0.05) is 0 Å². The Morgan fingerprint density at radius 2 is 1.47 bits per heavy atom. The van der Waals surface area contributed by atoms with Gasteiger partial charge in [0.1, 0.15) is 0 Å². The molecule has 6 rings (SSSR count). The number of para-hydroxylation sites is 1. The number of aromatic amines is 1. The average molecular weight is 595 g/mol. The normalized spacial score (nSPS) is 19.7. The number of halogens is 2. The van der Waals surface area contributed by atoms with E-state index >= 15 is 0 Å². The predicted molar refractivity (Wildman–Crippen MR) is 125 cm³/mol. The number of H-pyrrole nitrogens is 1. The monoisotopic (exact) mass is 595 g/mol. The Morgan fingerprint density at radius 3 is 2.33 bits per heavy atom. The first-order chi connectivity index (χ1) is 14.6. The summed E-state index contributed by atoms with van der Waals surface area (Å²) in [7, 11) is 15.1. The molecular weight excluding hydrogens is 576 g/mol. The summed E-state index contributed by atoms with van der Waals surface area (Å²) in [5.41, 5.74) is 8.67. The van der Waals surface area contributed by atoms with E-state index in [9.17, 15) is 0 Å². The van der Waals surface area contributed by atoms with Crippen LogP contribution < -0.4 is 0 Å². The zero-order valence-corrected chi connectivity index (χ0v) is 21.3. The first-order valence-corrected chi connectivity index (χ1v) is 23.2. The number of rotatable bonds is 3. The van der Waals surface area contributed by atoms with Gasteiger partial charge in [-0.25, -0.2) is 0 Å². The molecule has 0 fully saturated rings. The van der Waals surface area contributed by atoms with Crippen molar-refractivity contribution in [2.24, 2.45) is 0 Å². The zero-order valence-electron chi connectivity index (χ0n) is 16.1. The van der Waals surface area contributed by atoms with E-state index in [-0.39, 0.29) is 7.35 Å². The minimum absolute atomic E-state index is 0.0806. The van der Waals surface area contributed by atoms with Gasteiger partial charge in [-0.3, -0.25) is 0 Å². The Hall–Kier alpha value is -1.87. The number of hydrogen-bond donors (Lipinski definition) is 1. The Morgan fingerprint density at radius 1 is 0.767 bits per heavy atom. The first kappa shape index (κ1) is 18.9. The van der Waals surface area contributed by atoms with Crippen molar-refractivity contribution in [1.82, 2.24) is 4.98 Å². The van der Waals surface area contributed by atoms with Gasteiger partial charge in [0, 0.05) is 0 Å². The molecule has 3 aromatic carbocycles. The molecule has 146 valence electrons. The second-order valence-corrected chi connectivity index (χ2v) is 29.0. The van der Waals surface area contributed by atoms with E-state index in [2.05, 4.69) is 102 Å². The molecule has 2 aliphatic carbocycles. The molecule has 0 amide bonds. The van der Waals surface area contributed by atoms with Crippen LogP contribution in [-0.4, -0.2) is 4.98 Å². The molecule has 0 radical (unpaired) electrons. The van der Waals surface area contributed by atoms with Crippen molar-refractivity contribution in [3.63, 3.8) is 0 Å². The summed E-state index contributed by atoms with van der Waals surface area (Å²) in [6, 6.07) is 25.5. The molecule has 4 heteroatoms. The third kappa shape index (κ3) is 2.77. The Balaban J connectivity index is 1.54. The van der Waals surface area contributed by atoms with Crippen LogP contribution in [-0.2, 0) is 17.6 Å². The third-order valence-electron chi connectivity index (χ3n) is 6.43. The molecule has 1 N–H and O–H groups in total. The maximum absolute atomic E-state index is 7.55. The SMILES string of the molecule is [Cl][Hf]([Cl])([CH]1C=Cc2ccccc21)[CH]1C(c2c[nH]c3ccccc23)=Cc2ccccc21. The summed E-state index contributed by atoms with van der Waals surface area (Å²) in [5, 5.41) is 1.22. The van der Waals surface area contributed by atoms with Gasteiger partial charge in [-0.15, -0.1) is 0 Å². The van der Waals surface area contributed by atoms with Crippen LogP contribution in [0, 0.1) is 0 Å². The molecule has 0 aliphatic heterocycles. The number of allylic oxidation sites excluding steroid dienone is 2. The van der Waals surface area contributed by atoms with E-state index in [1.807, 2.05) is 0 Å². The van der Waals surface area contributed by atoms with Gasteiger partial charge in [-0.2, -0.15) is 0 Å². The summed E-state index contributed by atoms with van der Waals surface area (Å²) in [6.45, 7) is 0. The van der Waals surface area contributed by atoms with Gasteiger partial charge in [-0.05, 0) is 0 Å². The molecule has 2 unspecified atom stereocenters. The maximum atomic E-state index is 7.55. The number of nitrogens with one attached hydrogen (secondary N) is 1. The van der Waals surface area contributed by atoms with Crippen molar-refractivity contribution in [2.75, 3.05) is 0 Å². The van der Waals surface area contributed by atoms with Gasteiger partial charge in [0.15, 0.2) is 0 Å². The van der Waals surface area contributed by atoms with Crippen LogP contribution >= 0.6 is 17.2 Å². The molecule has 1 aromatic heterocycles. The Bertz CT molecular complexity index is 1350. The summed E-state index contributed by atoms with van der Waals surface area (Å²) < 4.78 is 0.221. The van der Waals surface area contributed by atoms with Crippen LogP contribution in [0.3, 0.4) is 0 Å². The molecule has 1 heterocycles. The Labute approximate surface area is 187 Å². The first-order valence-electron chi connectivity index (χ1n) is 10.2. The van der Waals surface area contributed by atoms with E-state index in [4.69, 9.17) is 17.2 Å². The quantitative estimate of drug-likeness (QED) is 0.232. The third-order valence-corrected chi connectivity index (χ3v) is 23.6. The van der Waals surface area contributed by atoms with Gasteiger partial charge in [0.25, 0.3) is 0 Å². The predicted octanol–water partition coefficient (Wildman–Crippen LogP) is 7.99. The molecule has 30 heavy (non-hydrogen) atoms. The average Bonchev–Trinajstić information content (AvgIpc) is 3.47. The number of aromatic nitrogens is 1. The van der Waals surface area contributed by atoms with Gasteiger partial charge in [0.05, 0.1) is 0 Å². The summed E-state index contributed by atoms with van der Waals surface area (Å²) >= 11 is -3.98. The zero-order chi connectivity index (χ0) is 20.3. The van der Waals surface area contributed by atoms with Crippen molar-refractivity contribution in [1.29, 1.82) is 0 Å². The molecule has 1 nitrogen and oxygen atoms in total. The fraction of sp³-hybridized carbons (Fsp3) is 0.0769. The molecule has 2 atom stereocenters. The second-order valence-electron chi connectivity index (χ2n) is 8.05. The van der Waals surface area contributed by atoms with Crippen molar-refractivity contribution < 1.29 is 17.6 Å². The van der Waals surface area contributed by atoms with E-state index in [0.717, 1.165) is 5.52 Å². The standard InChI is InChI=1S/C17H12N.C9H7.2ClH.Hf/c1-2-6-13-10-14(9-12(13)5-1)16-11-18-17-8-4-3-7-15(16)17;1-2-5-9-7-3-6-8(9)4-1;;;/h1-11,18H;1-7H;2*1H;/q;;;;+2/p-2. The molecule has 4 aromatic rings. The fourth-order valence-electron chi connectivity index (χ4n) is 5.05. The van der Waals surface area contributed by atoms with Crippen molar-refractivity contribution >= 4 is 45.8 Å². The van der Waals surface area contributed by atoms with Gasteiger partial charge in [0.2, 0.25) is 0 Å². The molecule has 2 aliphatic rings. The minimum atomic E-state index is -3.98. The van der Waals surface area contributed by atoms with Crippen LogP contribution in [0.15, 0.2) is 85.1 Å². The molecule has 0 spiro atoms.